The molecular formula is C13H15Br2NO. The Labute approximate surface area is 118 Å². The summed E-state index contributed by atoms with van der Waals surface area (Å²) in [5.74, 6) is 0.655. The Kier molecular flexibility index (Phi) is 4.26. The standard InChI is InChI=1S/C13H15Br2NO/c1-8(9-3-2-4-9)16-13(17)11-7-10(14)5-6-12(11)15/h5-9H,2-4H2,1H3,(H,16,17). The molecule has 0 aromatic heterocycles. The summed E-state index contributed by atoms with van der Waals surface area (Å²) in [6.07, 6.45) is 3.77. The van der Waals surface area contributed by atoms with Gasteiger partial charge in [-0.3, -0.25) is 4.79 Å². The van der Waals surface area contributed by atoms with Gasteiger partial charge in [0.15, 0.2) is 0 Å². The first-order valence-corrected chi connectivity index (χ1v) is 7.42. The third-order valence-corrected chi connectivity index (χ3v) is 4.57. The highest BCUT2D eigenvalue weighted by Crippen LogP contribution is 2.30. The average Bonchev–Trinajstić information content (AvgIpc) is 2.18. The van der Waals surface area contributed by atoms with Crippen LogP contribution in [-0.2, 0) is 0 Å². The monoisotopic (exact) mass is 359 g/mol. The van der Waals surface area contributed by atoms with Gasteiger partial charge < -0.3 is 5.32 Å². The zero-order chi connectivity index (χ0) is 12.4. The van der Waals surface area contributed by atoms with Gasteiger partial charge in [-0.25, -0.2) is 0 Å². The van der Waals surface area contributed by atoms with Crippen molar-refractivity contribution in [2.75, 3.05) is 0 Å². The molecule has 1 N–H and O–H groups in total. The van der Waals surface area contributed by atoms with Gasteiger partial charge in [-0.05, 0) is 59.8 Å². The summed E-state index contributed by atoms with van der Waals surface area (Å²) in [5.41, 5.74) is 0.686. The maximum Gasteiger partial charge on any atom is 0.252 e. The smallest absolute Gasteiger partial charge is 0.252 e. The molecule has 1 aromatic rings. The van der Waals surface area contributed by atoms with Crippen LogP contribution in [0.2, 0.25) is 0 Å². The molecule has 0 heterocycles. The van der Waals surface area contributed by atoms with Crippen molar-refractivity contribution in [3.8, 4) is 0 Å². The number of benzene rings is 1. The minimum atomic E-state index is -0.00225. The molecule has 0 bridgehead atoms. The molecule has 4 heteroatoms. The third-order valence-electron chi connectivity index (χ3n) is 3.39. The van der Waals surface area contributed by atoms with Gasteiger partial charge in [0.05, 0.1) is 5.56 Å². The van der Waals surface area contributed by atoms with Gasteiger partial charge in [-0.15, -0.1) is 0 Å². The fourth-order valence-electron chi connectivity index (χ4n) is 2.01. The first-order chi connectivity index (χ1) is 8.08. The Bertz CT molecular complexity index is 429. The van der Waals surface area contributed by atoms with E-state index in [1.807, 2.05) is 18.2 Å². The van der Waals surface area contributed by atoms with E-state index in [2.05, 4.69) is 44.1 Å². The van der Waals surface area contributed by atoms with Crippen molar-refractivity contribution < 1.29 is 4.79 Å². The van der Waals surface area contributed by atoms with E-state index < -0.39 is 0 Å². The van der Waals surface area contributed by atoms with Crippen molar-refractivity contribution in [2.45, 2.75) is 32.2 Å². The third kappa shape index (κ3) is 3.10. The SMILES string of the molecule is CC(NC(=O)c1cc(Br)ccc1Br)C1CCC1. The highest BCUT2D eigenvalue weighted by molar-refractivity contribution is 9.11. The van der Waals surface area contributed by atoms with E-state index >= 15 is 0 Å². The molecule has 0 spiro atoms. The zero-order valence-electron chi connectivity index (χ0n) is 9.67. The first-order valence-electron chi connectivity index (χ1n) is 5.84. The number of nitrogens with one attached hydrogen (secondary N) is 1. The maximum absolute atomic E-state index is 12.1. The second-order valence-corrected chi connectivity index (χ2v) is 6.35. The quantitative estimate of drug-likeness (QED) is 0.862. The minimum Gasteiger partial charge on any atom is -0.349 e. The van der Waals surface area contributed by atoms with Crippen LogP contribution >= 0.6 is 31.9 Å². The molecule has 1 atom stereocenters. The molecule has 1 fully saturated rings. The number of carbonyl (C=O) groups excluding carboxylic acids is 1. The van der Waals surface area contributed by atoms with Gasteiger partial charge in [0.2, 0.25) is 0 Å². The van der Waals surface area contributed by atoms with Gasteiger partial charge >= 0.3 is 0 Å². The van der Waals surface area contributed by atoms with Crippen LogP contribution in [0.4, 0.5) is 0 Å². The summed E-state index contributed by atoms with van der Waals surface area (Å²) < 4.78 is 1.75. The lowest BCUT2D eigenvalue weighted by Crippen LogP contribution is -2.40. The highest BCUT2D eigenvalue weighted by atomic mass is 79.9. The van der Waals surface area contributed by atoms with Gasteiger partial charge in [0, 0.05) is 15.0 Å². The predicted octanol–water partition coefficient (Wildman–Crippen LogP) is 4.13. The molecule has 1 saturated carbocycles. The molecule has 0 radical (unpaired) electrons. The molecule has 1 aliphatic rings. The van der Waals surface area contributed by atoms with Crippen LogP contribution in [0, 0.1) is 5.92 Å². The van der Waals surface area contributed by atoms with E-state index in [9.17, 15) is 4.79 Å². The van der Waals surface area contributed by atoms with Crippen LogP contribution in [0.15, 0.2) is 27.1 Å². The Morgan fingerprint density at radius 3 is 2.71 bits per heavy atom. The van der Waals surface area contributed by atoms with Gasteiger partial charge in [0.25, 0.3) is 5.91 Å². The summed E-state index contributed by atoms with van der Waals surface area (Å²) in [5, 5.41) is 3.08. The lowest BCUT2D eigenvalue weighted by Gasteiger charge is -2.31. The largest absolute Gasteiger partial charge is 0.349 e. The van der Waals surface area contributed by atoms with Crippen molar-refractivity contribution in [1.82, 2.24) is 5.32 Å². The van der Waals surface area contributed by atoms with E-state index in [1.54, 1.807) is 0 Å². The van der Waals surface area contributed by atoms with Gasteiger partial charge in [-0.2, -0.15) is 0 Å². The molecule has 1 amide bonds. The molecule has 92 valence electrons. The summed E-state index contributed by atoms with van der Waals surface area (Å²) in [6, 6.07) is 5.90. The van der Waals surface area contributed by atoms with Crippen LogP contribution in [0.5, 0.6) is 0 Å². The second kappa shape index (κ2) is 5.53. The lowest BCUT2D eigenvalue weighted by molar-refractivity contribution is 0.0908. The summed E-state index contributed by atoms with van der Waals surface area (Å²) in [7, 11) is 0. The van der Waals surface area contributed by atoms with Crippen LogP contribution in [0.3, 0.4) is 0 Å². The van der Waals surface area contributed by atoms with Crippen molar-refractivity contribution in [2.24, 2.45) is 5.92 Å². The van der Waals surface area contributed by atoms with Crippen molar-refractivity contribution >= 4 is 37.8 Å². The minimum absolute atomic E-state index is 0.00225. The van der Waals surface area contributed by atoms with Crippen LogP contribution in [-0.4, -0.2) is 11.9 Å². The molecule has 1 aromatic carbocycles. The van der Waals surface area contributed by atoms with E-state index in [0.29, 0.717) is 11.5 Å². The first kappa shape index (κ1) is 13.1. The fourth-order valence-corrected chi connectivity index (χ4v) is 2.80. The molecule has 1 aliphatic carbocycles. The Hall–Kier alpha value is -0.350. The van der Waals surface area contributed by atoms with Crippen molar-refractivity contribution in [3.63, 3.8) is 0 Å². The number of halogens is 2. The van der Waals surface area contributed by atoms with Crippen molar-refractivity contribution in [3.05, 3.63) is 32.7 Å². The molecular weight excluding hydrogens is 346 g/mol. The Balaban J connectivity index is 2.05. The number of hydrogen-bond donors (Lipinski definition) is 1. The Morgan fingerprint density at radius 2 is 2.12 bits per heavy atom. The normalized spacial score (nSPS) is 17.4. The average molecular weight is 361 g/mol. The lowest BCUT2D eigenvalue weighted by atomic mass is 9.80. The van der Waals surface area contributed by atoms with E-state index in [-0.39, 0.29) is 11.9 Å². The Morgan fingerprint density at radius 1 is 1.41 bits per heavy atom. The predicted molar refractivity (Wildman–Crippen MR) is 76.1 cm³/mol. The number of carbonyl (C=O) groups is 1. The van der Waals surface area contributed by atoms with Crippen LogP contribution in [0.25, 0.3) is 0 Å². The molecule has 2 nitrogen and oxygen atoms in total. The molecule has 2 rings (SSSR count). The topological polar surface area (TPSA) is 29.1 Å². The number of rotatable bonds is 3. The van der Waals surface area contributed by atoms with Crippen LogP contribution < -0.4 is 5.32 Å². The summed E-state index contributed by atoms with van der Waals surface area (Å²) >= 11 is 6.79. The van der Waals surface area contributed by atoms with Crippen LogP contribution in [0.1, 0.15) is 36.5 Å². The van der Waals surface area contributed by atoms with Gasteiger partial charge in [-0.1, -0.05) is 22.4 Å². The summed E-state index contributed by atoms with van der Waals surface area (Å²) in [6.45, 7) is 2.09. The molecule has 17 heavy (non-hydrogen) atoms. The van der Waals surface area contributed by atoms with E-state index in [4.69, 9.17) is 0 Å². The number of hydrogen-bond acceptors (Lipinski definition) is 1. The zero-order valence-corrected chi connectivity index (χ0v) is 12.8. The molecule has 1 unspecified atom stereocenters. The number of amides is 1. The highest BCUT2D eigenvalue weighted by Gasteiger charge is 2.25. The fraction of sp³-hybridized carbons (Fsp3) is 0.462. The molecule has 0 aliphatic heterocycles. The van der Waals surface area contributed by atoms with Crippen molar-refractivity contribution in [1.29, 1.82) is 0 Å². The maximum atomic E-state index is 12.1. The second-order valence-electron chi connectivity index (χ2n) is 4.58. The van der Waals surface area contributed by atoms with E-state index in [1.165, 1.54) is 19.3 Å². The van der Waals surface area contributed by atoms with Gasteiger partial charge in [0.1, 0.15) is 0 Å². The van der Waals surface area contributed by atoms with E-state index in [0.717, 1.165) is 8.95 Å². The summed E-state index contributed by atoms with van der Waals surface area (Å²) in [4.78, 5) is 12.1. The molecule has 0 saturated heterocycles.